The van der Waals surface area contributed by atoms with Gasteiger partial charge < -0.3 is 11.1 Å². The monoisotopic (exact) mass is 337 g/mol. The number of thioether (sulfide) groups is 1. The fraction of sp³-hybridized carbons (Fsp3) is 0.0769. The van der Waals surface area contributed by atoms with Crippen molar-refractivity contribution in [2.75, 3.05) is 16.8 Å². The van der Waals surface area contributed by atoms with Gasteiger partial charge in [-0.2, -0.15) is 0 Å². The highest BCUT2D eigenvalue weighted by atomic mass is 79.9. The van der Waals surface area contributed by atoms with Gasteiger partial charge in [0.25, 0.3) is 0 Å². The summed E-state index contributed by atoms with van der Waals surface area (Å²) in [5.41, 5.74) is 6.92. The molecule has 1 aromatic carbocycles. The summed E-state index contributed by atoms with van der Waals surface area (Å²) in [7, 11) is 0. The van der Waals surface area contributed by atoms with Crippen LogP contribution in [0, 0.1) is 0 Å². The van der Waals surface area contributed by atoms with E-state index in [9.17, 15) is 4.79 Å². The van der Waals surface area contributed by atoms with Gasteiger partial charge in [0.1, 0.15) is 0 Å². The van der Waals surface area contributed by atoms with Crippen LogP contribution < -0.4 is 11.1 Å². The van der Waals surface area contributed by atoms with Gasteiger partial charge in [-0.1, -0.05) is 23.9 Å². The van der Waals surface area contributed by atoms with E-state index in [1.165, 1.54) is 11.8 Å². The van der Waals surface area contributed by atoms with Gasteiger partial charge in [-0.05, 0) is 40.2 Å². The van der Waals surface area contributed by atoms with E-state index >= 15 is 0 Å². The molecule has 1 aromatic heterocycles. The van der Waals surface area contributed by atoms with E-state index in [1.54, 1.807) is 18.3 Å². The third kappa shape index (κ3) is 4.25. The summed E-state index contributed by atoms with van der Waals surface area (Å²) in [6, 6.07) is 11.0. The highest BCUT2D eigenvalue weighted by Gasteiger charge is 2.06. The summed E-state index contributed by atoms with van der Waals surface area (Å²) in [6.07, 6.45) is 1.58. The lowest BCUT2D eigenvalue weighted by Crippen LogP contribution is -2.14. The first-order valence-electron chi connectivity index (χ1n) is 5.54. The van der Waals surface area contributed by atoms with Crippen molar-refractivity contribution in [1.29, 1.82) is 0 Å². The Morgan fingerprint density at radius 3 is 2.79 bits per heavy atom. The molecular weight excluding hydrogens is 326 g/mol. The van der Waals surface area contributed by atoms with E-state index in [-0.39, 0.29) is 5.91 Å². The number of halogens is 1. The van der Waals surface area contributed by atoms with Gasteiger partial charge in [0.2, 0.25) is 5.91 Å². The second-order valence-electron chi connectivity index (χ2n) is 3.75. The average Bonchev–Trinajstić information content (AvgIpc) is 2.41. The molecule has 0 aliphatic rings. The molecule has 0 unspecified atom stereocenters. The van der Waals surface area contributed by atoms with Gasteiger partial charge in [-0.25, -0.2) is 4.98 Å². The van der Waals surface area contributed by atoms with E-state index in [0.717, 1.165) is 15.2 Å². The number of nitrogens with one attached hydrogen (secondary N) is 1. The number of amides is 1. The Bertz CT molecular complexity index is 574. The van der Waals surface area contributed by atoms with Crippen molar-refractivity contribution < 1.29 is 4.79 Å². The van der Waals surface area contributed by atoms with Crippen LogP contribution in [0.15, 0.2) is 52.1 Å². The number of benzene rings is 1. The fourth-order valence-electron chi connectivity index (χ4n) is 1.37. The maximum Gasteiger partial charge on any atom is 0.234 e. The molecule has 0 aliphatic heterocycles. The summed E-state index contributed by atoms with van der Waals surface area (Å²) in [6.45, 7) is 0. The fourth-order valence-corrected chi connectivity index (χ4v) is 2.39. The lowest BCUT2D eigenvalue weighted by molar-refractivity contribution is -0.113. The first kappa shape index (κ1) is 13.9. The molecule has 0 saturated carbocycles. The number of pyridine rings is 1. The quantitative estimate of drug-likeness (QED) is 0.841. The third-order valence-corrected chi connectivity index (χ3v) is 3.89. The Morgan fingerprint density at radius 1 is 1.32 bits per heavy atom. The maximum absolute atomic E-state index is 11.8. The van der Waals surface area contributed by atoms with Gasteiger partial charge in [0, 0.05) is 4.47 Å². The van der Waals surface area contributed by atoms with Gasteiger partial charge in [-0.15, -0.1) is 0 Å². The number of para-hydroxylation sites is 1. The number of carbonyl (C=O) groups excluding carboxylic acids is 1. The van der Waals surface area contributed by atoms with Crippen LogP contribution in [0.2, 0.25) is 0 Å². The van der Waals surface area contributed by atoms with Crippen LogP contribution in [0.25, 0.3) is 0 Å². The minimum Gasteiger partial charge on any atom is -0.397 e. The lowest BCUT2D eigenvalue weighted by atomic mass is 10.3. The Morgan fingerprint density at radius 2 is 2.11 bits per heavy atom. The molecule has 0 saturated heterocycles. The summed E-state index contributed by atoms with van der Waals surface area (Å²) < 4.78 is 0.860. The highest BCUT2D eigenvalue weighted by Crippen LogP contribution is 2.22. The normalized spacial score (nSPS) is 10.2. The third-order valence-electron chi connectivity index (χ3n) is 2.26. The summed E-state index contributed by atoms with van der Waals surface area (Å²) in [4.78, 5) is 15.9. The van der Waals surface area contributed by atoms with Gasteiger partial charge in [0.05, 0.1) is 28.4 Å². The van der Waals surface area contributed by atoms with Gasteiger partial charge in [0.15, 0.2) is 0 Å². The lowest BCUT2D eigenvalue weighted by Gasteiger charge is -2.06. The molecule has 1 heterocycles. The zero-order valence-corrected chi connectivity index (χ0v) is 12.4. The predicted octanol–water partition coefficient (Wildman–Crippen LogP) is 3.16. The van der Waals surface area contributed by atoms with Crippen LogP contribution in [0.1, 0.15) is 0 Å². The average molecular weight is 338 g/mol. The van der Waals surface area contributed by atoms with Crippen LogP contribution >= 0.6 is 27.7 Å². The van der Waals surface area contributed by atoms with Crippen LogP contribution in [0.5, 0.6) is 0 Å². The number of hydrogen-bond donors (Lipinski definition) is 2. The number of nitrogens with zero attached hydrogens (tertiary/aromatic N) is 1. The summed E-state index contributed by atoms with van der Waals surface area (Å²) in [5, 5.41) is 3.61. The molecule has 0 fully saturated rings. The van der Waals surface area contributed by atoms with Gasteiger partial charge in [-0.3, -0.25) is 4.79 Å². The van der Waals surface area contributed by atoms with Crippen molar-refractivity contribution in [3.63, 3.8) is 0 Å². The number of nitrogen functional groups attached to an aromatic ring is 1. The number of rotatable bonds is 4. The van der Waals surface area contributed by atoms with Crippen LogP contribution in [0.4, 0.5) is 11.4 Å². The molecule has 3 N–H and O–H groups in total. The van der Waals surface area contributed by atoms with E-state index in [1.807, 2.05) is 24.3 Å². The molecule has 2 aromatic rings. The highest BCUT2D eigenvalue weighted by molar-refractivity contribution is 9.10. The molecule has 0 aliphatic carbocycles. The topological polar surface area (TPSA) is 68.0 Å². The number of hydrogen-bond acceptors (Lipinski definition) is 4. The molecular formula is C13H12BrN3OS. The molecule has 6 heteroatoms. The van der Waals surface area contributed by atoms with Gasteiger partial charge >= 0.3 is 0 Å². The van der Waals surface area contributed by atoms with E-state index in [4.69, 9.17) is 5.73 Å². The Balaban J connectivity index is 1.88. The standard InChI is InChI=1S/C13H12BrN3OS/c14-10-3-1-2-4-11(10)17-12(18)8-19-13-6-5-9(15)7-16-13/h1-7H,8,15H2,(H,17,18). The smallest absolute Gasteiger partial charge is 0.234 e. The zero-order chi connectivity index (χ0) is 13.7. The Kier molecular flexibility index (Phi) is 4.81. The first-order chi connectivity index (χ1) is 9.15. The molecule has 19 heavy (non-hydrogen) atoms. The first-order valence-corrected chi connectivity index (χ1v) is 7.32. The minimum atomic E-state index is -0.0736. The number of carbonyl (C=O) groups is 1. The maximum atomic E-state index is 11.8. The van der Waals surface area contributed by atoms with Crippen molar-refractivity contribution in [1.82, 2.24) is 4.98 Å². The molecule has 98 valence electrons. The number of anilines is 2. The number of aromatic nitrogens is 1. The Labute approximate surface area is 123 Å². The van der Waals surface area contributed by atoms with Crippen LogP contribution in [-0.4, -0.2) is 16.6 Å². The minimum absolute atomic E-state index is 0.0736. The second-order valence-corrected chi connectivity index (χ2v) is 5.60. The van der Waals surface area contributed by atoms with Crippen LogP contribution in [-0.2, 0) is 4.79 Å². The Hall–Kier alpha value is -1.53. The van der Waals surface area contributed by atoms with Crippen molar-refractivity contribution in [2.24, 2.45) is 0 Å². The van der Waals surface area contributed by atoms with Crippen molar-refractivity contribution in [3.8, 4) is 0 Å². The molecule has 0 atom stereocenters. The van der Waals surface area contributed by atoms with E-state index in [2.05, 4.69) is 26.2 Å². The summed E-state index contributed by atoms with van der Waals surface area (Å²) in [5.74, 6) is 0.230. The van der Waals surface area contributed by atoms with E-state index < -0.39 is 0 Å². The van der Waals surface area contributed by atoms with Crippen molar-refractivity contribution in [3.05, 3.63) is 47.1 Å². The predicted molar refractivity (Wildman–Crippen MR) is 82.1 cm³/mol. The second kappa shape index (κ2) is 6.58. The molecule has 1 amide bonds. The molecule has 0 spiro atoms. The SMILES string of the molecule is Nc1ccc(SCC(=O)Nc2ccccc2Br)nc1. The zero-order valence-electron chi connectivity index (χ0n) is 9.97. The largest absolute Gasteiger partial charge is 0.397 e. The van der Waals surface area contributed by atoms with E-state index in [0.29, 0.717) is 11.4 Å². The van der Waals surface area contributed by atoms with Crippen LogP contribution in [0.3, 0.4) is 0 Å². The van der Waals surface area contributed by atoms with Crippen molar-refractivity contribution in [2.45, 2.75) is 5.03 Å². The molecule has 0 radical (unpaired) electrons. The molecule has 4 nitrogen and oxygen atoms in total. The number of nitrogens with two attached hydrogens (primary N) is 1. The molecule has 2 rings (SSSR count). The van der Waals surface area contributed by atoms with Crippen molar-refractivity contribution >= 4 is 45.0 Å². The molecule has 0 bridgehead atoms. The summed E-state index contributed by atoms with van der Waals surface area (Å²) >= 11 is 4.75.